The molecule has 3 rings (SSSR count). The molecular weight excluding hydrogens is 353 g/mol. The van der Waals surface area contributed by atoms with Gasteiger partial charge in [-0.1, -0.05) is 29.5 Å². The van der Waals surface area contributed by atoms with E-state index in [0.717, 1.165) is 11.2 Å². The van der Waals surface area contributed by atoms with Crippen molar-refractivity contribution in [1.29, 1.82) is 0 Å². The van der Waals surface area contributed by atoms with Gasteiger partial charge in [0, 0.05) is 0 Å². The van der Waals surface area contributed by atoms with Crippen LogP contribution in [0.2, 0.25) is 0 Å². The Kier molecular flexibility index (Phi) is 5.49. The van der Waals surface area contributed by atoms with E-state index in [9.17, 15) is 9.18 Å². The molecule has 0 saturated carbocycles. The molecule has 1 N–H and O–H groups in total. The molecule has 1 amide bonds. The van der Waals surface area contributed by atoms with E-state index in [-0.39, 0.29) is 11.7 Å². The number of benzene rings is 2. The van der Waals surface area contributed by atoms with Crippen LogP contribution >= 0.6 is 11.3 Å². The Labute approximate surface area is 155 Å². The van der Waals surface area contributed by atoms with Gasteiger partial charge in [0.15, 0.2) is 5.13 Å². The van der Waals surface area contributed by atoms with Crippen LogP contribution in [-0.2, 0) is 0 Å². The third-order valence-corrected chi connectivity index (χ3v) is 5.05. The van der Waals surface area contributed by atoms with E-state index in [1.165, 1.54) is 29.4 Å². The number of thiazole rings is 1. The maximum atomic E-state index is 14.0. The average molecular weight is 374 g/mol. The molecule has 0 atom stereocenters. The Hall–Kier alpha value is -2.51. The molecule has 0 aliphatic heterocycles. The largest absolute Gasteiger partial charge is 0.496 e. The minimum Gasteiger partial charge on any atom is -0.496 e. The lowest BCUT2D eigenvalue weighted by molar-refractivity contribution is -0.856. The first-order valence-corrected chi connectivity index (χ1v) is 9.12. The van der Waals surface area contributed by atoms with E-state index in [0.29, 0.717) is 28.5 Å². The second-order valence-electron chi connectivity index (χ2n) is 6.20. The highest BCUT2D eigenvalue weighted by atomic mass is 32.1. The number of anilines is 1. The lowest BCUT2D eigenvalue weighted by atomic mass is 10.1. The van der Waals surface area contributed by atoms with Gasteiger partial charge >= 0.3 is 0 Å². The maximum absolute atomic E-state index is 14.0. The zero-order chi connectivity index (χ0) is 18.7. The minimum atomic E-state index is -0.382. The van der Waals surface area contributed by atoms with Crippen molar-refractivity contribution in [3.63, 3.8) is 0 Å². The highest BCUT2D eigenvalue weighted by Crippen LogP contribution is 2.31. The van der Waals surface area contributed by atoms with Gasteiger partial charge in [0.05, 0.1) is 44.6 Å². The van der Waals surface area contributed by atoms with Crippen molar-refractivity contribution in [1.82, 2.24) is 4.98 Å². The highest BCUT2D eigenvalue weighted by molar-refractivity contribution is 7.22. The molecule has 0 radical (unpaired) electrons. The summed E-state index contributed by atoms with van der Waals surface area (Å²) in [7, 11) is 5.57. The molecule has 5 nitrogen and oxygen atoms in total. The number of methoxy groups -OCH3 is 1. The Morgan fingerprint density at radius 2 is 2.00 bits per heavy atom. The smallest absolute Gasteiger partial charge is 0.264 e. The summed E-state index contributed by atoms with van der Waals surface area (Å²) in [6, 6.07) is 11.9. The number of quaternary nitrogens is 1. The summed E-state index contributed by atoms with van der Waals surface area (Å²) in [6.07, 6.45) is 0. The molecule has 0 spiro atoms. The van der Waals surface area contributed by atoms with Gasteiger partial charge in [0.25, 0.3) is 5.91 Å². The number of likely N-dealkylation sites (N-methyl/N-ethyl adjacent to an activating group) is 1. The highest BCUT2D eigenvalue weighted by Gasteiger charge is 2.25. The van der Waals surface area contributed by atoms with Crippen molar-refractivity contribution in [3.05, 3.63) is 53.8 Å². The molecule has 26 heavy (non-hydrogen) atoms. The number of nitrogens with zero attached hydrogens (tertiary/aromatic N) is 2. The van der Waals surface area contributed by atoms with Crippen LogP contribution in [0.4, 0.5) is 9.52 Å². The van der Waals surface area contributed by atoms with Crippen molar-refractivity contribution < 1.29 is 18.8 Å². The fourth-order valence-corrected chi connectivity index (χ4v) is 3.61. The van der Waals surface area contributed by atoms with Crippen molar-refractivity contribution >= 4 is 32.6 Å². The Morgan fingerprint density at radius 3 is 2.69 bits per heavy atom. The van der Waals surface area contributed by atoms with Gasteiger partial charge in [-0.2, -0.15) is 0 Å². The fourth-order valence-electron chi connectivity index (χ4n) is 2.60. The second kappa shape index (κ2) is 7.80. The van der Waals surface area contributed by atoms with Crippen LogP contribution in [0.3, 0.4) is 0 Å². The minimum absolute atomic E-state index is 0.205. The molecular formula is C19H21FN3O2S+. The average Bonchev–Trinajstić information content (AvgIpc) is 3.06. The predicted molar refractivity (Wildman–Crippen MR) is 102 cm³/mol. The van der Waals surface area contributed by atoms with Crippen LogP contribution < -0.4 is 14.5 Å². The number of para-hydroxylation sites is 2. The number of carbonyl (C=O) groups is 1. The fraction of sp³-hybridized carbons (Fsp3) is 0.263. The topological polar surface area (TPSA) is 46.9 Å². The summed E-state index contributed by atoms with van der Waals surface area (Å²) in [6.45, 7) is 1.21. The van der Waals surface area contributed by atoms with Crippen LogP contribution in [0.5, 0.6) is 5.75 Å². The van der Waals surface area contributed by atoms with E-state index < -0.39 is 0 Å². The molecule has 136 valence electrons. The Morgan fingerprint density at radius 1 is 1.23 bits per heavy atom. The first-order valence-electron chi connectivity index (χ1n) is 8.30. The van der Waals surface area contributed by atoms with Crippen molar-refractivity contribution in [2.45, 2.75) is 0 Å². The van der Waals surface area contributed by atoms with Gasteiger partial charge in [-0.3, -0.25) is 9.69 Å². The molecule has 0 fully saturated rings. The predicted octanol–water partition coefficient (Wildman–Crippen LogP) is 2.24. The summed E-state index contributed by atoms with van der Waals surface area (Å²) in [5.41, 5.74) is 0.756. The van der Waals surface area contributed by atoms with E-state index >= 15 is 0 Å². The summed E-state index contributed by atoms with van der Waals surface area (Å²) >= 11 is 1.31. The normalized spacial score (nSPS) is 11.1. The third kappa shape index (κ3) is 3.68. The number of nitrogens with one attached hydrogen (secondary N) is 1. The SMILES string of the molecule is COc1ccccc1C(=O)N(CC[NH+](C)C)c1nc2c(F)cccc2s1. The quantitative estimate of drug-likeness (QED) is 0.720. The zero-order valence-corrected chi connectivity index (χ0v) is 15.8. The first kappa shape index (κ1) is 18.3. The molecule has 0 saturated heterocycles. The van der Waals surface area contributed by atoms with Gasteiger partial charge in [0.1, 0.15) is 17.1 Å². The number of ether oxygens (including phenoxy) is 1. The summed E-state index contributed by atoms with van der Waals surface area (Å²) < 4.78 is 20.1. The summed E-state index contributed by atoms with van der Waals surface area (Å²) in [5.74, 6) is -0.0805. The number of aromatic nitrogens is 1. The first-order chi connectivity index (χ1) is 12.5. The molecule has 2 aromatic carbocycles. The number of rotatable bonds is 6. The van der Waals surface area contributed by atoms with Crippen LogP contribution in [0.25, 0.3) is 10.2 Å². The number of amides is 1. The van der Waals surface area contributed by atoms with Gasteiger partial charge < -0.3 is 9.64 Å². The van der Waals surface area contributed by atoms with Gasteiger partial charge in [-0.05, 0) is 24.3 Å². The van der Waals surface area contributed by atoms with Gasteiger partial charge in [-0.15, -0.1) is 0 Å². The van der Waals surface area contributed by atoms with E-state index in [2.05, 4.69) is 4.98 Å². The molecule has 0 aliphatic rings. The van der Waals surface area contributed by atoms with E-state index in [1.54, 1.807) is 29.2 Å². The van der Waals surface area contributed by atoms with Crippen LogP contribution in [0.1, 0.15) is 10.4 Å². The maximum Gasteiger partial charge on any atom is 0.264 e. The van der Waals surface area contributed by atoms with E-state index in [1.807, 2.05) is 26.2 Å². The molecule has 0 unspecified atom stereocenters. The zero-order valence-electron chi connectivity index (χ0n) is 15.0. The van der Waals surface area contributed by atoms with E-state index in [4.69, 9.17) is 4.74 Å². The molecule has 7 heteroatoms. The number of hydrogen-bond acceptors (Lipinski definition) is 4. The van der Waals surface area contributed by atoms with Gasteiger partial charge in [-0.25, -0.2) is 9.37 Å². The summed E-state index contributed by atoms with van der Waals surface area (Å²) in [4.78, 5) is 20.4. The monoisotopic (exact) mass is 374 g/mol. The molecule has 1 heterocycles. The molecule has 1 aromatic heterocycles. The van der Waals surface area contributed by atoms with Crippen LogP contribution in [-0.4, -0.2) is 45.2 Å². The lowest BCUT2D eigenvalue weighted by Crippen LogP contribution is -3.06. The van der Waals surface area contributed by atoms with Crippen molar-refractivity contribution in [3.8, 4) is 5.75 Å². The number of fused-ring (bicyclic) bond motifs is 1. The van der Waals surface area contributed by atoms with Crippen LogP contribution in [0, 0.1) is 5.82 Å². The third-order valence-electron chi connectivity index (χ3n) is 4.01. The van der Waals surface area contributed by atoms with Crippen LogP contribution in [0.15, 0.2) is 42.5 Å². The molecule has 0 bridgehead atoms. The standard InChI is InChI=1S/C19H20FN3O2S/c1-22(2)11-12-23(18(24)13-7-4-5-9-15(13)25-3)19-21-17-14(20)8-6-10-16(17)26-19/h4-10H,11-12H2,1-3H3/p+1. The molecule has 0 aliphatic carbocycles. The summed E-state index contributed by atoms with van der Waals surface area (Å²) in [5, 5.41) is 0.488. The Balaban J connectivity index is 2.03. The lowest BCUT2D eigenvalue weighted by Gasteiger charge is -2.21. The van der Waals surface area contributed by atoms with Gasteiger partial charge in [0.2, 0.25) is 0 Å². The Bertz CT molecular complexity index is 926. The van der Waals surface area contributed by atoms with Crippen molar-refractivity contribution in [2.75, 3.05) is 39.2 Å². The number of carbonyl (C=O) groups excluding carboxylic acids is 1. The number of halogens is 1. The second-order valence-corrected chi connectivity index (χ2v) is 7.21. The molecule has 3 aromatic rings. The number of hydrogen-bond donors (Lipinski definition) is 1. The van der Waals surface area contributed by atoms with Crippen molar-refractivity contribution in [2.24, 2.45) is 0 Å².